The van der Waals surface area contributed by atoms with Gasteiger partial charge in [-0.25, -0.2) is 8.78 Å². The number of carbonyl (C=O) groups excluding carboxylic acids is 1. The Labute approximate surface area is 168 Å². The lowest BCUT2D eigenvalue weighted by Crippen LogP contribution is -2.44. The van der Waals surface area contributed by atoms with E-state index in [1.54, 1.807) is 6.07 Å². The van der Waals surface area contributed by atoms with Gasteiger partial charge in [0.1, 0.15) is 0 Å². The average Bonchev–Trinajstić information content (AvgIpc) is 2.99. The van der Waals surface area contributed by atoms with E-state index in [1.807, 2.05) is 25.1 Å². The van der Waals surface area contributed by atoms with E-state index in [4.69, 9.17) is 0 Å². The van der Waals surface area contributed by atoms with Gasteiger partial charge in [-0.15, -0.1) is 0 Å². The first-order valence-corrected chi connectivity index (χ1v) is 9.97. The Bertz CT molecular complexity index is 1050. The fourth-order valence-electron chi connectivity index (χ4n) is 4.00. The largest absolute Gasteiger partial charge is 0.358 e. The monoisotopic (exact) mass is 397 g/mol. The molecular weight excluding hydrogens is 372 g/mol. The molecule has 1 fully saturated rings. The summed E-state index contributed by atoms with van der Waals surface area (Å²) in [6.07, 6.45) is 1.67. The lowest BCUT2D eigenvalue weighted by molar-refractivity contribution is 0.0909. The lowest BCUT2D eigenvalue weighted by Gasteiger charge is -2.32. The molecule has 0 aliphatic carbocycles. The Morgan fingerprint density at radius 1 is 1.10 bits per heavy atom. The van der Waals surface area contributed by atoms with Crippen LogP contribution in [0.1, 0.15) is 40.0 Å². The van der Waals surface area contributed by atoms with Gasteiger partial charge >= 0.3 is 0 Å². The second kappa shape index (κ2) is 7.95. The number of nitrogens with zero attached hydrogens (tertiary/aromatic N) is 1. The summed E-state index contributed by atoms with van der Waals surface area (Å²) >= 11 is 0. The van der Waals surface area contributed by atoms with Gasteiger partial charge in [0.25, 0.3) is 5.91 Å². The maximum Gasteiger partial charge on any atom is 0.251 e. The molecule has 6 heteroatoms. The summed E-state index contributed by atoms with van der Waals surface area (Å²) in [5, 5.41) is 4.22. The normalized spacial score (nSPS) is 15.7. The van der Waals surface area contributed by atoms with Gasteiger partial charge in [-0.2, -0.15) is 0 Å². The molecule has 1 saturated heterocycles. The Morgan fingerprint density at radius 2 is 1.86 bits per heavy atom. The van der Waals surface area contributed by atoms with Crippen LogP contribution >= 0.6 is 0 Å². The zero-order valence-electron chi connectivity index (χ0n) is 16.7. The van der Waals surface area contributed by atoms with E-state index < -0.39 is 11.6 Å². The highest BCUT2D eigenvalue weighted by Crippen LogP contribution is 2.23. The molecule has 0 atom stereocenters. The molecule has 152 valence electrons. The van der Waals surface area contributed by atoms with Crippen molar-refractivity contribution in [2.75, 3.05) is 13.1 Å². The fraction of sp³-hybridized carbons (Fsp3) is 0.348. The molecule has 2 aromatic carbocycles. The number of hydrogen-bond donors (Lipinski definition) is 2. The van der Waals surface area contributed by atoms with Gasteiger partial charge in [0.05, 0.1) is 0 Å². The van der Waals surface area contributed by atoms with Gasteiger partial charge in [0, 0.05) is 47.8 Å². The van der Waals surface area contributed by atoms with E-state index >= 15 is 0 Å². The minimum absolute atomic E-state index is 0.0517. The van der Waals surface area contributed by atoms with Crippen LogP contribution in [-0.2, 0) is 6.54 Å². The molecule has 4 rings (SSSR count). The summed E-state index contributed by atoms with van der Waals surface area (Å²) in [5.74, 6) is -1.68. The number of aromatic nitrogens is 1. The molecule has 0 saturated carbocycles. The number of aryl methyl sites for hydroxylation is 2. The molecule has 2 heterocycles. The quantitative estimate of drug-likeness (QED) is 0.683. The second-order valence-corrected chi connectivity index (χ2v) is 7.91. The first-order chi connectivity index (χ1) is 13.9. The van der Waals surface area contributed by atoms with E-state index in [2.05, 4.69) is 22.1 Å². The molecule has 29 heavy (non-hydrogen) atoms. The van der Waals surface area contributed by atoms with Crippen LogP contribution in [0.3, 0.4) is 0 Å². The summed E-state index contributed by atoms with van der Waals surface area (Å²) in [6, 6.07) is 9.91. The topological polar surface area (TPSA) is 48.1 Å². The smallest absolute Gasteiger partial charge is 0.251 e. The van der Waals surface area contributed by atoms with E-state index in [0.29, 0.717) is 12.1 Å². The van der Waals surface area contributed by atoms with Gasteiger partial charge in [0.15, 0.2) is 11.6 Å². The van der Waals surface area contributed by atoms with Gasteiger partial charge in [-0.1, -0.05) is 6.07 Å². The molecule has 0 bridgehead atoms. The Morgan fingerprint density at radius 3 is 2.59 bits per heavy atom. The van der Waals surface area contributed by atoms with Crippen LogP contribution in [0.2, 0.25) is 0 Å². The summed E-state index contributed by atoms with van der Waals surface area (Å²) in [4.78, 5) is 18.2. The van der Waals surface area contributed by atoms with Crippen LogP contribution in [0.4, 0.5) is 8.78 Å². The number of aromatic amines is 1. The highest BCUT2D eigenvalue weighted by atomic mass is 19.2. The summed E-state index contributed by atoms with van der Waals surface area (Å²) in [5.41, 5.74) is 4.76. The highest BCUT2D eigenvalue weighted by Gasteiger charge is 2.22. The van der Waals surface area contributed by atoms with Crippen molar-refractivity contribution in [2.45, 2.75) is 39.3 Å². The number of fused-ring (bicyclic) bond motifs is 1. The number of rotatable bonds is 4. The number of benzene rings is 2. The molecule has 3 aromatic rings. The zero-order valence-corrected chi connectivity index (χ0v) is 16.7. The predicted molar refractivity (Wildman–Crippen MR) is 110 cm³/mol. The van der Waals surface area contributed by atoms with Crippen LogP contribution in [0.5, 0.6) is 0 Å². The number of halogens is 2. The number of piperidine rings is 1. The molecule has 4 nitrogen and oxygen atoms in total. The van der Waals surface area contributed by atoms with Crippen molar-refractivity contribution >= 4 is 16.8 Å². The molecular formula is C23H25F2N3O. The Balaban J connectivity index is 1.34. The van der Waals surface area contributed by atoms with Gasteiger partial charge < -0.3 is 10.3 Å². The van der Waals surface area contributed by atoms with Crippen molar-refractivity contribution < 1.29 is 13.6 Å². The molecule has 1 aliphatic heterocycles. The molecule has 1 amide bonds. The van der Waals surface area contributed by atoms with Gasteiger partial charge in [-0.3, -0.25) is 9.69 Å². The van der Waals surface area contributed by atoms with Crippen LogP contribution in [0.25, 0.3) is 10.9 Å². The van der Waals surface area contributed by atoms with Crippen molar-refractivity contribution in [2.24, 2.45) is 0 Å². The van der Waals surface area contributed by atoms with E-state index in [9.17, 15) is 13.6 Å². The first kappa shape index (κ1) is 19.6. The van der Waals surface area contributed by atoms with Crippen molar-refractivity contribution in [3.63, 3.8) is 0 Å². The molecule has 0 spiro atoms. The standard InChI is InChI=1S/C23H25F2N3O/c1-14-15(2)26-22-6-4-17(12-19(14)22)23(29)27-18-7-9-28(10-8-18)13-16-3-5-20(24)21(25)11-16/h3-6,11-12,18,26H,7-10,13H2,1-2H3,(H,27,29). The second-order valence-electron chi connectivity index (χ2n) is 7.91. The van der Waals surface area contributed by atoms with Crippen LogP contribution in [-0.4, -0.2) is 34.9 Å². The fourth-order valence-corrected chi connectivity index (χ4v) is 4.00. The number of nitrogens with one attached hydrogen (secondary N) is 2. The number of hydrogen-bond acceptors (Lipinski definition) is 2. The van der Waals surface area contributed by atoms with E-state index in [-0.39, 0.29) is 11.9 Å². The molecule has 2 N–H and O–H groups in total. The zero-order chi connectivity index (χ0) is 20.5. The molecule has 0 radical (unpaired) electrons. The Kier molecular flexibility index (Phi) is 5.37. The third kappa shape index (κ3) is 4.17. The summed E-state index contributed by atoms with van der Waals surface area (Å²) in [7, 11) is 0. The van der Waals surface area contributed by atoms with Crippen molar-refractivity contribution in [1.82, 2.24) is 15.2 Å². The maximum absolute atomic E-state index is 13.4. The van der Waals surface area contributed by atoms with Crippen molar-refractivity contribution in [1.29, 1.82) is 0 Å². The third-order valence-electron chi connectivity index (χ3n) is 5.88. The van der Waals surface area contributed by atoms with Crippen LogP contribution < -0.4 is 5.32 Å². The number of H-pyrrole nitrogens is 1. The molecule has 1 aliphatic rings. The number of likely N-dealkylation sites (tertiary alicyclic amines) is 1. The van der Waals surface area contributed by atoms with Crippen molar-refractivity contribution in [3.8, 4) is 0 Å². The van der Waals surface area contributed by atoms with E-state index in [0.717, 1.165) is 48.1 Å². The average molecular weight is 397 g/mol. The van der Waals surface area contributed by atoms with Crippen LogP contribution in [0, 0.1) is 25.5 Å². The van der Waals surface area contributed by atoms with Gasteiger partial charge in [0.2, 0.25) is 0 Å². The SMILES string of the molecule is Cc1[nH]c2ccc(C(=O)NC3CCN(Cc4ccc(F)c(F)c4)CC3)cc2c1C. The summed E-state index contributed by atoms with van der Waals surface area (Å²) < 4.78 is 26.4. The first-order valence-electron chi connectivity index (χ1n) is 9.97. The summed E-state index contributed by atoms with van der Waals surface area (Å²) in [6.45, 7) is 6.28. The van der Waals surface area contributed by atoms with Crippen LogP contribution in [0.15, 0.2) is 36.4 Å². The third-order valence-corrected chi connectivity index (χ3v) is 5.88. The number of amides is 1. The minimum Gasteiger partial charge on any atom is -0.358 e. The predicted octanol–water partition coefficient (Wildman–Crippen LogP) is 4.46. The number of carbonyl (C=O) groups is 1. The maximum atomic E-state index is 13.4. The highest BCUT2D eigenvalue weighted by molar-refractivity contribution is 5.99. The van der Waals surface area contributed by atoms with Gasteiger partial charge in [-0.05, 0) is 68.1 Å². The van der Waals surface area contributed by atoms with Crippen molar-refractivity contribution in [3.05, 3.63) is 70.4 Å². The lowest BCUT2D eigenvalue weighted by atomic mass is 10.0. The Hall–Kier alpha value is -2.73. The molecule has 1 aromatic heterocycles. The minimum atomic E-state index is -0.821. The molecule has 0 unspecified atom stereocenters. The van der Waals surface area contributed by atoms with E-state index in [1.165, 1.54) is 17.7 Å².